The van der Waals surface area contributed by atoms with E-state index >= 15 is 0 Å². The first kappa shape index (κ1) is 14.1. The van der Waals surface area contributed by atoms with Gasteiger partial charge >= 0.3 is 12.0 Å². The standard InChI is InChI=1S/C13H22N2O4/c1-19-11(12(16)17)8-14-13(18)15-7-6-9-4-2-3-5-10(9)15/h9-11H,2-8H2,1H3,(H,14,18)(H,16,17). The molecule has 1 saturated carbocycles. The fraction of sp³-hybridized carbons (Fsp3) is 0.846. The van der Waals surface area contributed by atoms with E-state index in [2.05, 4.69) is 5.32 Å². The first-order valence-electron chi connectivity index (χ1n) is 6.93. The SMILES string of the molecule is COC(CNC(=O)N1CCC2CCCCC21)C(=O)O. The van der Waals surface area contributed by atoms with Crippen LogP contribution in [0.4, 0.5) is 4.79 Å². The number of urea groups is 1. The van der Waals surface area contributed by atoms with Gasteiger partial charge in [-0.05, 0) is 25.2 Å². The maximum Gasteiger partial charge on any atom is 0.334 e. The third-order valence-electron chi connectivity index (χ3n) is 4.27. The van der Waals surface area contributed by atoms with Crippen molar-refractivity contribution in [3.05, 3.63) is 0 Å². The minimum atomic E-state index is -1.06. The Kier molecular flexibility index (Phi) is 4.63. The minimum Gasteiger partial charge on any atom is -0.479 e. The fourth-order valence-corrected chi connectivity index (χ4v) is 3.21. The summed E-state index contributed by atoms with van der Waals surface area (Å²) in [5.74, 6) is -0.419. The van der Waals surface area contributed by atoms with Crippen LogP contribution >= 0.6 is 0 Å². The van der Waals surface area contributed by atoms with Gasteiger partial charge in [-0.1, -0.05) is 12.8 Å². The van der Waals surface area contributed by atoms with E-state index in [1.165, 1.54) is 26.4 Å². The van der Waals surface area contributed by atoms with Crippen LogP contribution in [0.25, 0.3) is 0 Å². The van der Waals surface area contributed by atoms with Crippen LogP contribution in [0.2, 0.25) is 0 Å². The number of nitrogens with one attached hydrogen (secondary N) is 1. The Balaban J connectivity index is 1.84. The fourth-order valence-electron chi connectivity index (χ4n) is 3.21. The van der Waals surface area contributed by atoms with Gasteiger partial charge in [0, 0.05) is 19.7 Å². The van der Waals surface area contributed by atoms with Gasteiger partial charge in [-0.3, -0.25) is 0 Å². The second-order valence-electron chi connectivity index (χ2n) is 5.34. The maximum absolute atomic E-state index is 12.1. The van der Waals surface area contributed by atoms with Crippen molar-refractivity contribution in [1.82, 2.24) is 10.2 Å². The number of carbonyl (C=O) groups is 2. The molecule has 2 N–H and O–H groups in total. The third kappa shape index (κ3) is 3.18. The topological polar surface area (TPSA) is 78.9 Å². The smallest absolute Gasteiger partial charge is 0.334 e. The molecule has 2 amide bonds. The number of amides is 2. The van der Waals surface area contributed by atoms with Crippen LogP contribution < -0.4 is 5.32 Å². The van der Waals surface area contributed by atoms with Crippen molar-refractivity contribution in [2.75, 3.05) is 20.2 Å². The molecule has 6 heteroatoms. The molecule has 3 atom stereocenters. The van der Waals surface area contributed by atoms with Crippen LogP contribution in [0.1, 0.15) is 32.1 Å². The Hall–Kier alpha value is -1.30. The number of carbonyl (C=O) groups excluding carboxylic acids is 1. The minimum absolute atomic E-state index is 0.0125. The predicted molar refractivity (Wildman–Crippen MR) is 68.9 cm³/mol. The summed E-state index contributed by atoms with van der Waals surface area (Å²) in [5.41, 5.74) is 0. The lowest BCUT2D eigenvalue weighted by Crippen LogP contribution is -2.48. The van der Waals surface area contributed by atoms with Crippen molar-refractivity contribution in [3.63, 3.8) is 0 Å². The number of hydrogen-bond donors (Lipinski definition) is 2. The summed E-state index contributed by atoms with van der Waals surface area (Å²) in [4.78, 5) is 24.8. The highest BCUT2D eigenvalue weighted by atomic mass is 16.5. The number of nitrogens with zero attached hydrogens (tertiary/aromatic N) is 1. The predicted octanol–water partition coefficient (Wildman–Crippen LogP) is 1.06. The zero-order valence-corrected chi connectivity index (χ0v) is 11.3. The van der Waals surface area contributed by atoms with Crippen molar-refractivity contribution in [2.45, 2.75) is 44.2 Å². The first-order chi connectivity index (χ1) is 9.13. The molecule has 2 rings (SSSR count). The molecule has 0 aromatic carbocycles. The molecular formula is C13H22N2O4. The lowest BCUT2D eigenvalue weighted by atomic mass is 9.85. The first-order valence-corrected chi connectivity index (χ1v) is 6.93. The molecule has 6 nitrogen and oxygen atoms in total. The van der Waals surface area contributed by atoms with E-state index in [9.17, 15) is 9.59 Å². The zero-order chi connectivity index (χ0) is 13.8. The summed E-state index contributed by atoms with van der Waals surface area (Å²) in [5, 5.41) is 11.5. The van der Waals surface area contributed by atoms with E-state index in [-0.39, 0.29) is 12.6 Å². The van der Waals surface area contributed by atoms with E-state index in [4.69, 9.17) is 9.84 Å². The van der Waals surface area contributed by atoms with Gasteiger partial charge in [0.25, 0.3) is 0 Å². The number of methoxy groups -OCH3 is 1. The van der Waals surface area contributed by atoms with E-state index < -0.39 is 12.1 Å². The van der Waals surface area contributed by atoms with Crippen molar-refractivity contribution >= 4 is 12.0 Å². The number of likely N-dealkylation sites (tertiary alicyclic amines) is 1. The van der Waals surface area contributed by atoms with E-state index in [0.717, 1.165) is 19.4 Å². The normalized spacial score (nSPS) is 27.7. The molecule has 0 spiro atoms. The largest absolute Gasteiger partial charge is 0.479 e. The Morgan fingerprint density at radius 3 is 2.79 bits per heavy atom. The molecule has 1 saturated heterocycles. The molecule has 3 unspecified atom stereocenters. The molecule has 1 aliphatic carbocycles. The van der Waals surface area contributed by atoms with Gasteiger partial charge in [-0.2, -0.15) is 0 Å². The lowest BCUT2D eigenvalue weighted by Gasteiger charge is -2.31. The summed E-state index contributed by atoms with van der Waals surface area (Å²) in [6.45, 7) is 0.796. The van der Waals surface area contributed by atoms with Gasteiger partial charge in [-0.15, -0.1) is 0 Å². The highest BCUT2D eigenvalue weighted by Crippen LogP contribution is 2.35. The molecule has 0 bridgehead atoms. The molecule has 1 heterocycles. The van der Waals surface area contributed by atoms with Gasteiger partial charge in [0.15, 0.2) is 6.10 Å². The van der Waals surface area contributed by atoms with Crippen molar-refractivity contribution < 1.29 is 19.4 Å². The average molecular weight is 270 g/mol. The van der Waals surface area contributed by atoms with E-state index in [1.54, 1.807) is 0 Å². The molecule has 0 aromatic rings. The van der Waals surface area contributed by atoms with Crippen LogP contribution in [0.3, 0.4) is 0 Å². The second kappa shape index (κ2) is 6.23. The van der Waals surface area contributed by atoms with Crippen LogP contribution in [-0.2, 0) is 9.53 Å². The number of fused-ring (bicyclic) bond motifs is 1. The Bertz CT molecular complexity index is 348. The molecule has 108 valence electrons. The second-order valence-corrected chi connectivity index (χ2v) is 5.34. The third-order valence-corrected chi connectivity index (χ3v) is 4.27. The quantitative estimate of drug-likeness (QED) is 0.800. The highest BCUT2D eigenvalue weighted by molar-refractivity contribution is 5.77. The molecule has 0 aromatic heterocycles. The van der Waals surface area contributed by atoms with E-state index in [1.807, 2.05) is 4.90 Å². The monoisotopic (exact) mass is 270 g/mol. The van der Waals surface area contributed by atoms with Gasteiger partial charge in [-0.25, -0.2) is 9.59 Å². The number of ether oxygens (including phenoxy) is 1. The molecular weight excluding hydrogens is 248 g/mol. The molecule has 2 aliphatic rings. The average Bonchev–Trinajstić information content (AvgIpc) is 2.82. The number of hydrogen-bond acceptors (Lipinski definition) is 3. The number of aliphatic carboxylic acids is 1. The lowest BCUT2D eigenvalue weighted by molar-refractivity contribution is -0.148. The molecule has 19 heavy (non-hydrogen) atoms. The van der Waals surface area contributed by atoms with Gasteiger partial charge in [0.05, 0.1) is 6.54 Å². The highest BCUT2D eigenvalue weighted by Gasteiger charge is 2.38. The number of carboxylic acids is 1. The summed E-state index contributed by atoms with van der Waals surface area (Å²) in [7, 11) is 1.33. The van der Waals surface area contributed by atoms with E-state index in [0.29, 0.717) is 12.0 Å². The summed E-state index contributed by atoms with van der Waals surface area (Å²) < 4.78 is 4.80. The van der Waals surface area contributed by atoms with Crippen molar-refractivity contribution in [3.8, 4) is 0 Å². The Morgan fingerprint density at radius 2 is 2.11 bits per heavy atom. The summed E-state index contributed by atoms with van der Waals surface area (Å²) in [6, 6.07) is 0.192. The zero-order valence-electron chi connectivity index (χ0n) is 11.3. The molecule has 2 fully saturated rings. The summed E-state index contributed by atoms with van der Waals surface area (Å²) >= 11 is 0. The molecule has 1 aliphatic heterocycles. The van der Waals surface area contributed by atoms with Gasteiger partial charge in [0.2, 0.25) is 0 Å². The van der Waals surface area contributed by atoms with Gasteiger partial charge < -0.3 is 20.1 Å². The van der Waals surface area contributed by atoms with Crippen LogP contribution in [0.15, 0.2) is 0 Å². The maximum atomic E-state index is 12.1. The van der Waals surface area contributed by atoms with Crippen LogP contribution in [0, 0.1) is 5.92 Å². The number of carboxylic acid groups (broad SMARTS) is 1. The van der Waals surface area contributed by atoms with Crippen molar-refractivity contribution in [2.24, 2.45) is 5.92 Å². The molecule has 0 radical (unpaired) electrons. The van der Waals surface area contributed by atoms with Crippen molar-refractivity contribution in [1.29, 1.82) is 0 Å². The number of rotatable bonds is 4. The van der Waals surface area contributed by atoms with Crippen LogP contribution in [-0.4, -0.2) is 54.4 Å². The van der Waals surface area contributed by atoms with Gasteiger partial charge in [0.1, 0.15) is 0 Å². The Morgan fingerprint density at radius 1 is 1.37 bits per heavy atom. The Labute approximate surface area is 113 Å². The summed E-state index contributed by atoms with van der Waals surface area (Å²) in [6.07, 6.45) is 4.83. The van der Waals surface area contributed by atoms with Crippen LogP contribution in [0.5, 0.6) is 0 Å².